The zero-order chi connectivity index (χ0) is 17.8. The molecule has 1 heterocycles. The van der Waals surface area contributed by atoms with E-state index < -0.39 is 0 Å². The van der Waals surface area contributed by atoms with Crippen LogP contribution in [0.1, 0.15) is 56.5 Å². The lowest BCUT2D eigenvalue weighted by molar-refractivity contribution is -0.120. The fourth-order valence-corrected chi connectivity index (χ4v) is 3.97. The summed E-state index contributed by atoms with van der Waals surface area (Å²) < 4.78 is 2.17. The van der Waals surface area contributed by atoms with E-state index in [4.69, 9.17) is 0 Å². The van der Waals surface area contributed by atoms with Gasteiger partial charge < -0.3 is 9.88 Å². The Kier molecular flexibility index (Phi) is 5.78. The Morgan fingerprint density at radius 1 is 1.32 bits per heavy atom. The average molecular weight is 359 g/mol. The molecule has 1 fully saturated rings. The van der Waals surface area contributed by atoms with Gasteiger partial charge in [-0.25, -0.2) is 0 Å². The van der Waals surface area contributed by atoms with Gasteiger partial charge in [-0.1, -0.05) is 49.0 Å². The number of hydrogen-bond acceptors (Lipinski definition) is 4. The van der Waals surface area contributed by atoms with Crippen LogP contribution in [0.2, 0.25) is 0 Å². The molecule has 1 aliphatic carbocycles. The van der Waals surface area contributed by atoms with E-state index in [0.717, 1.165) is 17.4 Å². The van der Waals surface area contributed by atoms with Crippen LogP contribution in [0.25, 0.3) is 0 Å². The van der Waals surface area contributed by atoms with Crippen LogP contribution in [0.4, 0.5) is 0 Å². The Balaban J connectivity index is 1.56. The molecule has 1 aromatic carbocycles. The van der Waals surface area contributed by atoms with E-state index >= 15 is 0 Å². The van der Waals surface area contributed by atoms with E-state index in [1.54, 1.807) is 0 Å². The first-order valence-corrected chi connectivity index (χ1v) is 9.89. The number of rotatable bonds is 8. The third-order valence-electron chi connectivity index (χ3n) is 4.68. The van der Waals surface area contributed by atoms with Crippen molar-refractivity contribution in [3.8, 4) is 0 Å². The van der Waals surface area contributed by atoms with Gasteiger partial charge >= 0.3 is 0 Å². The fraction of sp³-hybridized carbons (Fsp3) is 0.526. The highest BCUT2D eigenvalue weighted by molar-refractivity contribution is 8.00. The van der Waals surface area contributed by atoms with Gasteiger partial charge in [0, 0.05) is 18.5 Å². The predicted octanol–water partition coefficient (Wildman–Crippen LogP) is 3.71. The normalized spacial score (nSPS) is 16.4. The summed E-state index contributed by atoms with van der Waals surface area (Å²) in [6.45, 7) is 6.73. The summed E-state index contributed by atoms with van der Waals surface area (Å²) in [4.78, 5) is 12.5. The first-order chi connectivity index (χ1) is 12.1. The maximum atomic E-state index is 12.5. The molecule has 3 rings (SSSR count). The van der Waals surface area contributed by atoms with E-state index in [0.29, 0.717) is 18.5 Å². The predicted molar refractivity (Wildman–Crippen MR) is 101 cm³/mol. The van der Waals surface area contributed by atoms with Crippen molar-refractivity contribution in [1.29, 1.82) is 0 Å². The molecule has 5 nitrogen and oxygen atoms in total. The van der Waals surface area contributed by atoms with Crippen molar-refractivity contribution in [2.45, 2.75) is 62.4 Å². The maximum Gasteiger partial charge on any atom is 0.233 e. The van der Waals surface area contributed by atoms with Crippen LogP contribution >= 0.6 is 11.8 Å². The summed E-state index contributed by atoms with van der Waals surface area (Å²) in [6.07, 6.45) is 3.37. The molecule has 2 aromatic rings. The molecule has 0 radical (unpaired) electrons. The number of nitrogens with one attached hydrogen (secondary N) is 1. The lowest BCUT2D eigenvalue weighted by Gasteiger charge is -2.18. The Labute approximate surface area is 153 Å². The molecule has 25 heavy (non-hydrogen) atoms. The lowest BCUT2D eigenvalue weighted by Crippen LogP contribution is -2.34. The molecule has 0 spiro atoms. The van der Waals surface area contributed by atoms with Gasteiger partial charge in [0.1, 0.15) is 5.82 Å². The van der Waals surface area contributed by atoms with Crippen LogP contribution in [0.5, 0.6) is 0 Å². The van der Waals surface area contributed by atoms with Crippen LogP contribution in [0.15, 0.2) is 35.5 Å². The van der Waals surface area contributed by atoms with E-state index in [2.05, 4.69) is 39.1 Å². The topological polar surface area (TPSA) is 59.8 Å². The third-order valence-corrected chi connectivity index (χ3v) is 5.74. The van der Waals surface area contributed by atoms with Crippen molar-refractivity contribution in [2.24, 2.45) is 0 Å². The van der Waals surface area contributed by atoms with Crippen molar-refractivity contribution in [3.05, 3.63) is 41.7 Å². The first kappa shape index (κ1) is 18.0. The molecule has 134 valence electrons. The minimum Gasteiger partial charge on any atom is -0.355 e. The van der Waals surface area contributed by atoms with Crippen LogP contribution in [-0.4, -0.2) is 32.5 Å². The molecule has 2 atom stereocenters. The fourth-order valence-electron chi connectivity index (χ4n) is 2.99. The second-order valence-electron chi connectivity index (χ2n) is 6.65. The quantitative estimate of drug-likeness (QED) is 0.731. The zero-order valence-electron chi connectivity index (χ0n) is 15.1. The summed E-state index contributed by atoms with van der Waals surface area (Å²) in [7, 11) is 0. The van der Waals surface area contributed by atoms with Gasteiger partial charge in [0.15, 0.2) is 5.16 Å². The number of thioether (sulfide) groups is 1. The van der Waals surface area contributed by atoms with Crippen LogP contribution in [0, 0.1) is 6.92 Å². The monoisotopic (exact) mass is 358 g/mol. The summed E-state index contributed by atoms with van der Waals surface area (Å²) in [5.41, 5.74) is 1.27. The smallest absolute Gasteiger partial charge is 0.233 e. The van der Waals surface area contributed by atoms with Gasteiger partial charge in [-0.15, -0.1) is 10.2 Å². The van der Waals surface area contributed by atoms with Gasteiger partial charge in [-0.3, -0.25) is 4.79 Å². The van der Waals surface area contributed by atoms with Gasteiger partial charge in [-0.2, -0.15) is 0 Å². The number of hydrogen-bond donors (Lipinski definition) is 1. The molecule has 1 aromatic heterocycles. The van der Waals surface area contributed by atoms with Crippen LogP contribution < -0.4 is 5.32 Å². The summed E-state index contributed by atoms with van der Waals surface area (Å²) in [5.74, 6) is 1.34. The van der Waals surface area contributed by atoms with E-state index in [9.17, 15) is 4.79 Å². The summed E-state index contributed by atoms with van der Waals surface area (Å²) in [6, 6.07) is 10.9. The molecule has 6 heteroatoms. The Hall–Kier alpha value is -1.82. The van der Waals surface area contributed by atoms with E-state index in [1.165, 1.54) is 30.2 Å². The average Bonchev–Trinajstić information content (AvgIpc) is 3.40. The number of nitrogens with zero attached hydrogens (tertiary/aromatic N) is 3. The number of aryl methyl sites for hydroxylation is 1. The molecule has 1 amide bonds. The second kappa shape index (κ2) is 8.04. The number of aromatic nitrogens is 3. The van der Waals surface area contributed by atoms with Crippen molar-refractivity contribution in [1.82, 2.24) is 20.1 Å². The maximum absolute atomic E-state index is 12.5. The van der Waals surface area contributed by atoms with Crippen molar-refractivity contribution in [3.63, 3.8) is 0 Å². The highest BCUT2D eigenvalue weighted by atomic mass is 32.2. The van der Waals surface area contributed by atoms with Gasteiger partial charge in [0.25, 0.3) is 0 Å². The Bertz CT molecular complexity index is 711. The van der Waals surface area contributed by atoms with Gasteiger partial charge in [-0.05, 0) is 38.7 Å². The highest BCUT2D eigenvalue weighted by Gasteiger charge is 2.29. The zero-order valence-corrected chi connectivity index (χ0v) is 15.9. The molecule has 0 saturated heterocycles. The van der Waals surface area contributed by atoms with Gasteiger partial charge in [0.2, 0.25) is 5.91 Å². The number of benzene rings is 1. The number of carbonyl (C=O) groups excluding carboxylic acids is 1. The third kappa shape index (κ3) is 4.42. The van der Waals surface area contributed by atoms with Crippen molar-refractivity contribution in [2.75, 3.05) is 6.54 Å². The SMILES string of the molecule is CC[C@@H](CNC(=O)[C@@H](C)Sc1nnc(C)n1C1CC1)c1ccccc1. The molecule has 0 bridgehead atoms. The van der Waals surface area contributed by atoms with Crippen molar-refractivity contribution < 1.29 is 4.79 Å². The Morgan fingerprint density at radius 2 is 2.04 bits per heavy atom. The Morgan fingerprint density at radius 3 is 2.68 bits per heavy atom. The summed E-state index contributed by atoms with van der Waals surface area (Å²) in [5, 5.41) is 12.2. The number of carbonyl (C=O) groups is 1. The van der Waals surface area contributed by atoms with Crippen molar-refractivity contribution >= 4 is 17.7 Å². The van der Waals surface area contributed by atoms with Crippen LogP contribution in [0.3, 0.4) is 0 Å². The molecule has 1 aliphatic rings. The standard InChI is InChI=1S/C19H26N4OS/c1-4-15(16-8-6-5-7-9-16)12-20-18(24)13(2)25-19-22-21-14(3)23(19)17-10-11-17/h5-9,13,15,17H,4,10-12H2,1-3H3,(H,20,24)/t13-,15+/m1/s1. The minimum absolute atomic E-state index is 0.0578. The van der Waals surface area contributed by atoms with Crippen LogP contribution in [-0.2, 0) is 4.79 Å². The molecular weight excluding hydrogens is 332 g/mol. The molecule has 1 saturated carbocycles. The van der Waals surface area contributed by atoms with E-state index in [-0.39, 0.29) is 11.2 Å². The van der Waals surface area contributed by atoms with Gasteiger partial charge in [0.05, 0.1) is 5.25 Å². The first-order valence-electron chi connectivity index (χ1n) is 9.01. The second-order valence-corrected chi connectivity index (χ2v) is 7.96. The molecule has 0 aliphatic heterocycles. The summed E-state index contributed by atoms with van der Waals surface area (Å²) >= 11 is 1.50. The molecular formula is C19H26N4OS. The largest absolute Gasteiger partial charge is 0.355 e. The highest BCUT2D eigenvalue weighted by Crippen LogP contribution is 2.39. The number of amides is 1. The molecule has 1 N–H and O–H groups in total. The molecule has 0 unspecified atom stereocenters. The minimum atomic E-state index is -0.186. The van der Waals surface area contributed by atoms with E-state index in [1.807, 2.05) is 32.0 Å². The lowest BCUT2D eigenvalue weighted by atomic mass is 9.96.